The molecule has 2 heterocycles. The van der Waals surface area contributed by atoms with E-state index in [9.17, 15) is 19.2 Å². The maximum atomic E-state index is 12.1. The van der Waals surface area contributed by atoms with Crippen molar-refractivity contribution in [2.45, 2.75) is 32.4 Å². The Morgan fingerprint density at radius 3 is 2.43 bits per heavy atom. The second-order valence-electron chi connectivity index (χ2n) is 6.77. The molecule has 3 rings (SSSR count). The Kier molecular flexibility index (Phi) is 6.28. The van der Waals surface area contributed by atoms with Crippen LogP contribution in [0.3, 0.4) is 0 Å². The van der Waals surface area contributed by atoms with E-state index in [0.717, 1.165) is 12.1 Å². The molecule has 11 nitrogen and oxygen atoms in total. The third-order valence-electron chi connectivity index (χ3n) is 4.85. The summed E-state index contributed by atoms with van der Waals surface area (Å²) in [6.07, 6.45) is 1.44. The fourth-order valence-corrected chi connectivity index (χ4v) is 3.13. The molecule has 11 heteroatoms. The third kappa shape index (κ3) is 4.24. The third-order valence-corrected chi connectivity index (χ3v) is 4.85. The van der Waals surface area contributed by atoms with Gasteiger partial charge in [-0.15, -0.1) is 10.2 Å². The Morgan fingerprint density at radius 2 is 1.80 bits per heavy atom. The number of nitrogens with one attached hydrogen (secondary N) is 3. The average Bonchev–Trinajstić information content (AvgIpc) is 3.55. The number of hydrogen-bond acceptors (Lipinski definition) is 8. The van der Waals surface area contributed by atoms with Gasteiger partial charge in [0.05, 0.1) is 17.4 Å². The van der Waals surface area contributed by atoms with E-state index in [1.165, 1.54) is 0 Å². The summed E-state index contributed by atoms with van der Waals surface area (Å²) in [5.74, 6) is -1.34. The second-order valence-corrected chi connectivity index (χ2v) is 6.77. The van der Waals surface area contributed by atoms with Crippen molar-refractivity contribution in [1.82, 2.24) is 15.5 Å². The summed E-state index contributed by atoms with van der Waals surface area (Å²) in [7, 11) is 0. The molecule has 1 aliphatic heterocycles. The van der Waals surface area contributed by atoms with Crippen LogP contribution in [-0.4, -0.2) is 54.0 Å². The lowest BCUT2D eigenvalue weighted by Gasteiger charge is -2.23. The van der Waals surface area contributed by atoms with E-state index in [4.69, 9.17) is 4.74 Å². The molecule has 0 aliphatic carbocycles. The zero-order valence-corrected chi connectivity index (χ0v) is 16.9. The van der Waals surface area contributed by atoms with Gasteiger partial charge >= 0.3 is 11.6 Å². The molecular weight excluding hydrogens is 392 g/mol. The highest BCUT2D eigenvalue weighted by Gasteiger charge is 2.57. The van der Waals surface area contributed by atoms with Gasteiger partial charge in [-0.05, 0) is 44.9 Å². The zero-order valence-electron chi connectivity index (χ0n) is 16.9. The molecule has 1 aromatic heterocycles. The number of hydrogen-bond donors (Lipinski definition) is 3. The lowest BCUT2D eigenvalue weighted by molar-refractivity contribution is -0.150. The van der Waals surface area contributed by atoms with Crippen LogP contribution in [0.15, 0.2) is 38.0 Å². The average molecular weight is 416 g/mol. The van der Waals surface area contributed by atoms with Gasteiger partial charge in [-0.25, -0.2) is 4.79 Å². The maximum Gasteiger partial charge on any atom is 0.370 e. The summed E-state index contributed by atoms with van der Waals surface area (Å²) in [6.45, 7) is 5.57. The van der Waals surface area contributed by atoms with Crippen molar-refractivity contribution >= 4 is 28.3 Å². The summed E-state index contributed by atoms with van der Waals surface area (Å²) >= 11 is 0. The molecule has 0 atom stereocenters. The number of benzene rings is 1. The minimum atomic E-state index is -1.72. The van der Waals surface area contributed by atoms with Gasteiger partial charge in [0, 0.05) is 25.3 Å². The molecule has 0 fully saturated rings. The standard InChI is InChI=1S/C19H24N6O5/c1-3-25(12-7-8-13-14(11-12)16(27)22-21-15(13)26)10-6-5-9-20-17(28)19(23-24-19)18(29)30-4-2/h7-8,11H,3-6,9-10H2,1-2H3,(H,20,28)(H,21,26)(H,22,27). The van der Waals surface area contributed by atoms with E-state index in [2.05, 4.69) is 30.6 Å². The number of fused-ring (bicyclic) bond motifs is 1. The Bertz CT molecular complexity index is 1080. The molecule has 1 aliphatic rings. The Morgan fingerprint density at radius 1 is 1.10 bits per heavy atom. The minimum absolute atomic E-state index is 0.154. The summed E-state index contributed by atoms with van der Waals surface area (Å²) in [4.78, 5) is 49.8. The molecule has 2 aromatic rings. The zero-order chi connectivity index (χ0) is 21.7. The Labute approximate surface area is 171 Å². The molecular formula is C19H24N6O5. The molecule has 0 unspecified atom stereocenters. The molecule has 1 aromatic carbocycles. The number of esters is 1. The van der Waals surface area contributed by atoms with Crippen LogP contribution in [0.4, 0.5) is 5.69 Å². The maximum absolute atomic E-state index is 12.1. The first-order valence-corrected chi connectivity index (χ1v) is 9.82. The van der Waals surface area contributed by atoms with Gasteiger partial charge in [-0.2, -0.15) is 0 Å². The number of aromatic nitrogens is 2. The fraction of sp³-hybridized carbons (Fsp3) is 0.474. The summed E-state index contributed by atoms with van der Waals surface area (Å²) < 4.78 is 4.82. The SMILES string of the molecule is CCOC(=O)C1(C(=O)NCCCCN(CC)c2ccc3c(=O)[nH][nH]c(=O)c3c2)N=N1. The normalized spacial score (nSPS) is 13.8. The molecule has 0 saturated carbocycles. The van der Waals surface area contributed by atoms with Crippen molar-refractivity contribution in [3.05, 3.63) is 38.9 Å². The molecule has 0 radical (unpaired) electrons. The predicted molar refractivity (Wildman–Crippen MR) is 110 cm³/mol. The van der Waals surface area contributed by atoms with Crippen LogP contribution in [0, 0.1) is 0 Å². The van der Waals surface area contributed by atoms with Crippen LogP contribution in [0.25, 0.3) is 10.8 Å². The van der Waals surface area contributed by atoms with Gasteiger partial charge in [0.2, 0.25) is 0 Å². The fourth-order valence-electron chi connectivity index (χ4n) is 3.13. The number of carbonyl (C=O) groups excluding carboxylic acids is 2. The quantitative estimate of drug-likeness (QED) is 0.294. The minimum Gasteiger partial charge on any atom is -0.462 e. The van der Waals surface area contributed by atoms with Gasteiger partial charge in [-0.1, -0.05) is 0 Å². The highest BCUT2D eigenvalue weighted by molar-refractivity contribution is 6.09. The van der Waals surface area contributed by atoms with E-state index >= 15 is 0 Å². The number of H-pyrrole nitrogens is 2. The monoisotopic (exact) mass is 416 g/mol. The molecule has 0 spiro atoms. The number of rotatable bonds is 10. The number of ether oxygens (including phenoxy) is 1. The van der Waals surface area contributed by atoms with Gasteiger partial charge in [0.15, 0.2) is 0 Å². The number of aromatic amines is 2. The molecule has 160 valence electrons. The highest BCUT2D eigenvalue weighted by Crippen LogP contribution is 2.29. The summed E-state index contributed by atoms with van der Waals surface area (Å²) in [5.41, 5.74) is -1.58. The first-order valence-electron chi connectivity index (χ1n) is 9.82. The van der Waals surface area contributed by atoms with Crippen molar-refractivity contribution < 1.29 is 14.3 Å². The number of amides is 1. The number of carbonyl (C=O) groups is 2. The van der Waals surface area contributed by atoms with Crippen LogP contribution in [0.5, 0.6) is 0 Å². The second kappa shape index (κ2) is 8.89. The topological polar surface area (TPSA) is 149 Å². The Balaban J connectivity index is 1.52. The predicted octanol–water partition coefficient (Wildman–Crippen LogP) is 0.664. The molecule has 3 N–H and O–H groups in total. The van der Waals surface area contributed by atoms with E-state index < -0.39 is 17.5 Å². The Hall–Kier alpha value is -3.50. The van der Waals surface area contributed by atoms with Crippen molar-refractivity contribution in [3.63, 3.8) is 0 Å². The van der Waals surface area contributed by atoms with Gasteiger partial charge in [0.25, 0.3) is 17.0 Å². The van der Waals surface area contributed by atoms with Crippen LogP contribution in [0.1, 0.15) is 26.7 Å². The first-order chi connectivity index (χ1) is 14.4. The van der Waals surface area contributed by atoms with Gasteiger partial charge < -0.3 is 15.0 Å². The number of nitrogens with zero attached hydrogens (tertiary/aromatic N) is 3. The van der Waals surface area contributed by atoms with Crippen LogP contribution >= 0.6 is 0 Å². The van der Waals surface area contributed by atoms with Crippen molar-refractivity contribution in [1.29, 1.82) is 0 Å². The first kappa shape index (κ1) is 21.2. The number of unbranched alkanes of at least 4 members (excludes halogenated alkanes) is 1. The molecule has 0 saturated heterocycles. The van der Waals surface area contributed by atoms with Crippen LogP contribution < -0.4 is 21.3 Å². The molecule has 1 amide bonds. The molecule has 30 heavy (non-hydrogen) atoms. The van der Waals surface area contributed by atoms with E-state index in [0.29, 0.717) is 36.8 Å². The smallest absolute Gasteiger partial charge is 0.370 e. The van der Waals surface area contributed by atoms with E-state index in [-0.39, 0.29) is 17.7 Å². The van der Waals surface area contributed by atoms with E-state index in [1.54, 1.807) is 19.1 Å². The van der Waals surface area contributed by atoms with Crippen molar-refractivity contribution in [3.8, 4) is 0 Å². The number of anilines is 1. The van der Waals surface area contributed by atoms with Crippen LogP contribution in [0.2, 0.25) is 0 Å². The lowest BCUT2D eigenvalue weighted by atomic mass is 10.1. The lowest BCUT2D eigenvalue weighted by Crippen LogP contribution is -2.44. The van der Waals surface area contributed by atoms with E-state index in [1.807, 2.05) is 13.0 Å². The van der Waals surface area contributed by atoms with Crippen molar-refractivity contribution in [2.24, 2.45) is 10.2 Å². The van der Waals surface area contributed by atoms with Crippen molar-refractivity contribution in [2.75, 3.05) is 31.1 Å². The molecule has 0 bridgehead atoms. The summed E-state index contributed by atoms with van der Waals surface area (Å²) in [5, 5.41) is 15.1. The van der Waals surface area contributed by atoms with Crippen LogP contribution in [-0.2, 0) is 14.3 Å². The summed E-state index contributed by atoms with van der Waals surface area (Å²) in [6, 6.07) is 5.15. The largest absolute Gasteiger partial charge is 0.462 e. The van der Waals surface area contributed by atoms with Gasteiger partial charge in [0.1, 0.15) is 0 Å². The highest BCUT2D eigenvalue weighted by atomic mass is 16.5. The van der Waals surface area contributed by atoms with Gasteiger partial charge in [-0.3, -0.25) is 24.6 Å².